The number of allylic oxidation sites excluding steroid dienone is 2. The molecule has 2 N–H and O–H groups in total. The summed E-state index contributed by atoms with van der Waals surface area (Å²) < 4.78 is 0. The van der Waals surface area contributed by atoms with E-state index in [0.717, 1.165) is 24.0 Å². The number of amides is 1. The van der Waals surface area contributed by atoms with Crippen LogP contribution in [0.4, 0.5) is 11.4 Å². The van der Waals surface area contributed by atoms with Crippen LogP contribution in [0.15, 0.2) is 35.4 Å². The second kappa shape index (κ2) is 6.31. The van der Waals surface area contributed by atoms with Crippen molar-refractivity contribution < 1.29 is 19.6 Å². The number of nitro benzene ring substituents is 1. The van der Waals surface area contributed by atoms with Gasteiger partial charge in [0, 0.05) is 17.8 Å². The molecule has 7 heteroatoms. The molecule has 1 aromatic rings. The number of carboxylic acids is 1. The molecule has 0 spiro atoms. The molecule has 1 amide bonds. The Labute approximate surface area is 144 Å². The van der Waals surface area contributed by atoms with Crippen LogP contribution in [-0.4, -0.2) is 21.9 Å². The van der Waals surface area contributed by atoms with Gasteiger partial charge in [0.05, 0.1) is 16.8 Å². The van der Waals surface area contributed by atoms with E-state index in [4.69, 9.17) is 0 Å². The van der Waals surface area contributed by atoms with E-state index in [2.05, 4.69) is 5.32 Å². The van der Waals surface area contributed by atoms with Crippen LogP contribution in [0.25, 0.3) is 0 Å². The highest BCUT2D eigenvalue weighted by atomic mass is 16.6. The summed E-state index contributed by atoms with van der Waals surface area (Å²) in [5, 5.41) is 23.2. The van der Waals surface area contributed by atoms with E-state index in [0.29, 0.717) is 5.69 Å². The van der Waals surface area contributed by atoms with Gasteiger partial charge in [0.15, 0.2) is 0 Å². The predicted molar refractivity (Wildman–Crippen MR) is 90.9 cm³/mol. The first-order chi connectivity index (χ1) is 11.8. The summed E-state index contributed by atoms with van der Waals surface area (Å²) in [6, 6.07) is 5.68. The standard InChI is InChI=1S/C18H20N2O5/c1-9(2)14-12-6-7-13(14)16(18(22)23)15(12)17(21)19-10-4-3-5-11(8-10)20(24)25/h3-5,8,12-13,15-16H,6-7H2,1-2H3,(H,19,21)(H,22,23)/t12-,13-,15+,16-/m1/s1. The Morgan fingerprint density at radius 2 is 1.84 bits per heavy atom. The number of fused-ring (bicyclic) bond motifs is 2. The fourth-order valence-electron chi connectivity index (χ4n) is 4.53. The number of anilines is 1. The minimum atomic E-state index is -0.954. The van der Waals surface area contributed by atoms with Crippen LogP contribution < -0.4 is 5.32 Å². The number of carboxylic acid groups (broad SMARTS) is 1. The Bertz CT molecular complexity index is 781. The molecule has 0 radical (unpaired) electrons. The quantitative estimate of drug-likeness (QED) is 0.495. The minimum absolute atomic E-state index is 0.0604. The number of non-ortho nitro benzene ring substituents is 1. The van der Waals surface area contributed by atoms with E-state index >= 15 is 0 Å². The summed E-state index contributed by atoms with van der Waals surface area (Å²) in [5.74, 6) is -2.85. The van der Waals surface area contributed by atoms with Crippen LogP contribution in [0.5, 0.6) is 0 Å². The van der Waals surface area contributed by atoms with Crippen molar-refractivity contribution in [3.05, 3.63) is 45.5 Å². The average molecular weight is 344 g/mol. The fraction of sp³-hybridized carbons (Fsp3) is 0.444. The Morgan fingerprint density at radius 3 is 2.40 bits per heavy atom. The average Bonchev–Trinajstić information content (AvgIpc) is 3.11. The summed E-state index contributed by atoms with van der Waals surface area (Å²) >= 11 is 0. The molecule has 7 nitrogen and oxygen atoms in total. The van der Waals surface area contributed by atoms with E-state index in [1.807, 2.05) is 13.8 Å². The van der Waals surface area contributed by atoms with Crippen molar-refractivity contribution in [1.29, 1.82) is 0 Å². The Kier molecular flexibility index (Phi) is 4.32. The number of nitrogens with zero attached hydrogens (tertiary/aromatic N) is 1. The first kappa shape index (κ1) is 17.1. The zero-order chi connectivity index (χ0) is 18.3. The molecule has 4 atom stereocenters. The number of nitro groups is 1. The van der Waals surface area contributed by atoms with Crippen molar-refractivity contribution in [2.75, 3.05) is 5.32 Å². The van der Waals surface area contributed by atoms with Gasteiger partial charge in [0.25, 0.3) is 5.69 Å². The van der Waals surface area contributed by atoms with Crippen LogP contribution in [-0.2, 0) is 9.59 Å². The van der Waals surface area contributed by atoms with Gasteiger partial charge >= 0.3 is 5.97 Å². The normalized spacial score (nSPS) is 27.2. The topological polar surface area (TPSA) is 110 Å². The number of aliphatic carboxylic acids is 1. The lowest BCUT2D eigenvalue weighted by Gasteiger charge is -2.26. The second-order valence-corrected chi connectivity index (χ2v) is 6.93. The zero-order valence-electron chi connectivity index (χ0n) is 14.1. The number of hydrogen-bond donors (Lipinski definition) is 2. The van der Waals surface area contributed by atoms with Gasteiger partial charge in [-0.25, -0.2) is 0 Å². The van der Waals surface area contributed by atoms with E-state index in [1.54, 1.807) is 6.07 Å². The molecule has 2 fully saturated rings. The molecule has 0 heterocycles. The maximum Gasteiger partial charge on any atom is 0.307 e. The zero-order valence-corrected chi connectivity index (χ0v) is 14.1. The predicted octanol–water partition coefficient (Wildman–Crippen LogP) is 3.23. The fourth-order valence-corrected chi connectivity index (χ4v) is 4.53. The molecular formula is C18H20N2O5. The van der Waals surface area contributed by atoms with Gasteiger partial charge in [-0.2, -0.15) is 0 Å². The van der Waals surface area contributed by atoms with Crippen LogP contribution in [0.2, 0.25) is 0 Å². The van der Waals surface area contributed by atoms with Gasteiger partial charge in [-0.05, 0) is 44.6 Å². The van der Waals surface area contributed by atoms with Crippen molar-refractivity contribution in [1.82, 2.24) is 0 Å². The second-order valence-electron chi connectivity index (χ2n) is 6.93. The van der Waals surface area contributed by atoms with Crippen LogP contribution in [0, 0.1) is 33.8 Å². The lowest BCUT2D eigenvalue weighted by atomic mass is 9.78. The van der Waals surface area contributed by atoms with Crippen molar-refractivity contribution in [2.24, 2.45) is 23.7 Å². The summed E-state index contributed by atoms with van der Waals surface area (Å²) in [6.07, 6.45) is 1.60. The monoisotopic (exact) mass is 344 g/mol. The number of benzene rings is 1. The maximum absolute atomic E-state index is 12.8. The molecule has 1 aromatic carbocycles. The summed E-state index contributed by atoms with van der Waals surface area (Å²) in [5.41, 5.74) is 2.38. The highest BCUT2D eigenvalue weighted by molar-refractivity contribution is 5.97. The maximum atomic E-state index is 12.8. The molecule has 2 bridgehead atoms. The number of carbonyl (C=O) groups is 2. The highest BCUT2D eigenvalue weighted by Gasteiger charge is 2.57. The molecule has 132 valence electrons. The Morgan fingerprint density at radius 1 is 1.20 bits per heavy atom. The van der Waals surface area contributed by atoms with E-state index in [-0.39, 0.29) is 23.4 Å². The smallest absolute Gasteiger partial charge is 0.307 e. The van der Waals surface area contributed by atoms with Gasteiger partial charge in [-0.1, -0.05) is 17.2 Å². The van der Waals surface area contributed by atoms with Gasteiger partial charge in [-0.15, -0.1) is 0 Å². The SMILES string of the molecule is CC(C)=C1[C@H]2CC[C@H]1[C@@H](C(=O)O)[C@H]2C(=O)Nc1cccc([N+](=O)[O-])c1. The minimum Gasteiger partial charge on any atom is -0.481 e. The number of rotatable bonds is 4. The molecular weight excluding hydrogens is 324 g/mol. The first-order valence-corrected chi connectivity index (χ1v) is 8.26. The molecule has 0 unspecified atom stereocenters. The van der Waals surface area contributed by atoms with E-state index in [1.165, 1.54) is 18.2 Å². The lowest BCUT2D eigenvalue weighted by Crippen LogP contribution is -2.37. The van der Waals surface area contributed by atoms with E-state index in [9.17, 15) is 24.8 Å². The largest absolute Gasteiger partial charge is 0.481 e. The molecule has 25 heavy (non-hydrogen) atoms. The highest BCUT2D eigenvalue weighted by Crippen LogP contribution is 2.57. The number of nitrogens with one attached hydrogen (secondary N) is 1. The Hall–Kier alpha value is -2.70. The van der Waals surface area contributed by atoms with Crippen molar-refractivity contribution in [3.8, 4) is 0 Å². The molecule has 2 aliphatic carbocycles. The van der Waals surface area contributed by atoms with Gasteiger partial charge < -0.3 is 10.4 Å². The third-order valence-electron chi connectivity index (χ3n) is 5.33. The third kappa shape index (κ3) is 2.90. The van der Waals surface area contributed by atoms with Crippen molar-refractivity contribution in [2.45, 2.75) is 26.7 Å². The number of hydrogen-bond acceptors (Lipinski definition) is 4. The molecule has 0 aliphatic heterocycles. The van der Waals surface area contributed by atoms with Crippen LogP contribution in [0.3, 0.4) is 0 Å². The van der Waals surface area contributed by atoms with Gasteiger partial charge in [-0.3, -0.25) is 19.7 Å². The van der Waals surface area contributed by atoms with Crippen LogP contribution in [0.1, 0.15) is 26.7 Å². The molecule has 0 saturated heterocycles. The summed E-state index contributed by atoms with van der Waals surface area (Å²) in [4.78, 5) is 34.9. The summed E-state index contributed by atoms with van der Waals surface area (Å²) in [7, 11) is 0. The first-order valence-electron chi connectivity index (χ1n) is 8.26. The van der Waals surface area contributed by atoms with E-state index < -0.39 is 22.7 Å². The molecule has 0 aromatic heterocycles. The van der Waals surface area contributed by atoms with Gasteiger partial charge in [0.2, 0.25) is 5.91 Å². The van der Waals surface area contributed by atoms with Crippen molar-refractivity contribution in [3.63, 3.8) is 0 Å². The Balaban J connectivity index is 1.88. The van der Waals surface area contributed by atoms with Crippen LogP contribution >= 0.6 is 0 Å². The lowest BCUT2D eigenvalue weighted by molar-refractivity contribution is -0.384. The van der Waals surface area contributed by atoms with Gasteiger partial charge in [0.1, 0.15) is 0 Å². The summed E-state index contributed by atoms with van der Waals surface area (Å²) in [6.45, 7) is 3.92. The van der Waals surface area contributed by atoms with Crippen molar-refractivity contribution >= 4 is 23.3 Å². The molecule has 2 aliphatic rings. The number of carbonyl (C=O) groups excluding carboxylic acids is 1. The molecule has 3 rings (SSSR count). The third-order valence-corrected chi connectivity index (χ3v) is 5.33. The molecule has 2 saturated carbocycles.